The molecule has 1 heterocycles. The fourth-order valence-corrected chi connectivity index (χ4v) is 6.83. The highest BCUT2D eigenvalue weighted by Crippen LogP contribution is 2.58. The predicted octanol–water partition coefficient (Wildman–Crippen LogP) is 10.4. The van der Waals surface area contributed by atoms with Gasteiger partial charge in [-0.1, -0.05) is 103 Å². The fraction of sp³-hybridized carbons (Fsp3) is 0.0244. The molecule has 0 radical (unpaired) electrons. The van der Waals surface area contributed by atoms with Crippen LogP contribution >= 0.6 is 0 Å². The largest absolute Gasteiger partial charge is 0.457 e. The van der Waals surface area contributed by atoms with Crippen LogP contribution in [0, 0.1) is 17.9 Å². The Bertz CT molecular complexity index is 2090. The summed E-state index contributed by atoms with van der Waals surface area (Å²) in [5.74, 6) is 1.64. The topological polar surface area (TPSA) is 37.4 Å². The molecule has 0 saturated heterocycles. The van der Waals surface area contributed by atoms with Crippen molar-refractivity contribution in [3.63, 3.8) is 0 Å². The van der Waals surface area contributed by atoms with Crippen molar-refractivity contribution in [1.82, 2.24) is 0 Å². The molecule has 6 aromatic carbocycles. The highest BCUT2D eigenvalue weighted by atomic mass is 16.5. The van der Waals surface area contributed by atoms with Crippen LogP contribution in [0.25, 0.3) is 39.3 Å². The lowest BCUT2D eigenvalue weighted by molar-refractivity contribution is 0.434. The van der Waals surface area contributed by atoms with Gasteiger partial charge in [0.1, 0.15) is 11.5 Å². The van der Waals surface area contributed by atoms with Gasteiger partial charge in [0.05, 0.1) is 23.6 Å². The zero-order valence-electron chi connectivity index (χ0n) is 23.7. The first-order valence-electron chi connectivity index (χ1n) is 14.5. The Kier molecular flexibility index (Phi) is 5.80. The Labute approximate surface area is 256 Å². The van der Waals surface area contributed by atoms with E-state index in [-0.39, 0.29) is 0 Å². The van der Waals surface area contributed by atoms with Crippen molar-refractivity contribution < 1.29 is 4.74 Å². The van der Waals surface area contributed by atoms with E-state index in [0.717, 1.165) is 67.1 Å². The zero-order valence-corrected chi connectivity index (χ0v) is 23.7. The van der Waals surface area contributed by atoms with Gasteiger partial charge in [-0.2, -0.15) is 5.26 Å². The second-order valence-electron chi connectivity index (χ2n) is 11.1. The highest BCUT2D eigenvalue weighted by molar-refractivity contribution is 5.87. The van der Waals surface area contributed by atoms with Gasteiger partial charge in [-0.3, -0.25) is 0 Å². The van der Waals surface area contributed by atoms with Gasteiger partial charge in [-0.15, -0.1) is 0 Å². The molecule has 204 valence electrons. The Morgan fingerprint density at radius 1 is 0.545 bits per heavy atom. The second-order valence-corrected chi connectivity index (χ2v) is 11.1. The minimum Gasteiger partial charge on any atom is -0.457 e. The van der Waals surface area contributed by atoms with Gasteiger partial charge in [0.2, 0.25) is 0 Å². The maximum absolute atomic E-state index is 9.63. The second kappa shape index (κ2) is 9.99. The number of benzene rings is 6. The summed E-state index contributed by atoms with van der Waals surface area (Å²) in [6.45, 7) is 7.58. The number of rotatable bonds is 2. The lowest BCUT2D eigenvalue weighted by atomic mass is 9.61. The molecule has 3 heteroatoms. The van der Waals surface area contributed by atoms with E-state index in [4.69, 9.17) is 11.3 Å². The molecule has 0 unspecified atom stereocenters. The monoisotopic (exact) mass is 560 g/mol. The lowest BCUT2D eigenvalue weighted by Gasteiger charge is -2.42. The van der Waals surface area contributed by atoms with Crippen molar-refractivity contribution in [2.24, 2.45) is 0 Å². The van der Waals surface area contributed by atoms with Gasteiger partial charge in [0.25, 0.3) is 0 Å². The average molecular weight is 561 g/mol. The van der Waals surface area contributed by atoms with E-state index >= 15 is 0 Å². The number of para-hydroxylation sites is 2. The van der Waals surface area contributed by atoms with Crippen molar-refractivity contribution >= 4 is 17.8 Å². The Balaban J connectivity index is 1.50. The van der Waals surface area contributed by atoms with Crippen LogP contribution in [0.15, 0.2) is 133 Å². The molecular weight excluding hydrogens is 536 g/mol. The Morgan fingerprint density at radius 3 is 1.68 bits per heavy atom. The molecule has 1 spiro atoms. The van der Waals surface area contributed by atoms with Gasteiger partial charge in [0, 0.05) is 11.1 Å². The summed E-state index contributed by atoms with van der Waals surface area (Å²) in [6, 6.07) is 47.8. The average Bonchev–Trinajstić information content (AvgIpc) is 3.23. The van der Waals surface area contributed by atoms with Gasteiger partial charge in [-0.05, 0) is 87.0 Å². The molecule has 3 nitrogen and oxygen atoms in total. The maximum atomic E-state index is 9.63. The number of nitriles is 1. The Morgan fingerprint density at radius 2 is 1.09 bits per heavy atom. The fourth-order valence-electron chi connectivity index (χ4n) is 6.83. The lowest BCUT2D eigenvalue weighted by Crippen LogP contribution is -2.35. The standard InChI is InChI=1S/C41H24N2O/c1-43-34-11-7-10-31(23-34)33-21-19-29-17-16-28-18-20-32(30-9-6-8-27(22-30)26-42)24-37(28)41(38(29)25-33)35-12-2-4-14-39(35)44-40-15-5-3-13-36(40)41/h2-25H. The highest BCUT2D eigenvalue weighted by Gasteiger charge is 2.48. The summed E-state index contributed by atoms with van der Waals surface area (Å²) in [6.07, 6.45) is 4.41. The predicted molar refractivity (Wildman–Crippen MR) is 176 cm³/mol. The molecule has 1 aliphatic heterocycles. The molecule has 44 heavy (non-hydrogen) atoms. The number of fused-ring (bicyclic) bond motifs is 8. The summed E-state index contributed by atoms with van der Waals surface area (Å²) in [4.78, 5) is 3.68. The van der Waals surface area contributed by atoms with E-state index in [9.17, 15) is 5.26 Å². The van der Waals surface area contributed by atoms with Crippen LogP contribution in [0.2, 0.25) is 0 Å². The SMILES string of the molecule is [C-]#[N+]c1cccc(-c2ccc3c(c2)C2(c4cc(-c5cccc(C#N)c5)ccc4C=C3)c3ccccc3Oc3ccccc32)c1. The first kappa shape index (κ1) is 25.5. The molecule has 0 aromatic heterocycles. The normalized spacial score (nSPS) is 13.2. The quantitative estimate of drug-likeness (QED) is 0.197. The third-order valence-electron chi connectivity index (χ3n) is 8.79. The molecule has 0 amide bonds. The molecule has 2 aliphatic rings. The van der Waals surface area contributed by atoms with Crippen LogP contribution in [-0.4, -0.2) is 0 Å². The van der Waals surface area contributed by atoms with Gasteiger partial charge in [-0.25, -0.2) is 4.85 Å². The summed E-state index contributed by atoms with van der Waals surface area (Å²) in [7, 11) is 0. The van der Waals surface area contributed by atoms with Crippen LogP contribution in [0.1, 0.15) is 38.9 Å². The smallest absolute Gasteiger partial charge is 0.187 e. The molecule has 8 rings (SSSR count). The van der Waals surface area contributed by atoms with E-state index in [1.165, 1.54) is 0 Å². The molecule has 1 aliphatic carbocycles. The molecule has 0 saturated carbocycles. The van der Waals surface area contributed by atoms with Crippen molar-refractivity contribution in [1.29, 1.82) is 5.26 Å². The number of hydrogen-bond acceptors (Lipinski definition) is 2. The summed E-state index contributed by atoms with van der Waals surface area (Å²) < 4.78 is 6.58. The van der Waals surface area contributed by atoms with Crippen LogP contribution in [0.5, 0.6) is 11.5 Å². The van der Waals surface area contributed by atoms with E-state index in [0.29, 0.717) is 11.3 Å². The van der Waals surface area contributed by atoms with E-state index < -0.39 is 5.41 Å². The molecule has 0 fully saturated rings. The van der Waals surface area contributed by atoms with Crippen LogP contribution in [0.3, 0.4) is 0 Å². The van der Waals surface area contributed by atoms with Gasteiger partial charge in [0.15, 0.2) is 5.69 Å². The van der Waals surface area contributed by atoms with Crippen LogP contribution in [0.4, 0.5) is 5.69 Å². The zero-order chi connectivity index (χ0) is 29.7. The van der Waals surface area contributed by atoms with Crippen molar-refractivity contribution in [2.45, 2.75) is 5.41 Å². The minimum atomic E-state index is -0.712. The Hall–Kier alpha value is -6.16. The molecule has 0 N–H and O–H groups in total. The molecule has 0 bridgehead atoms. The molecule has 0 atom stereocenters. The summed E-state index contributed by atoms with van der Waals surface area (Å²) in [5.41, 5.74) is 11.3. The van der Waals surface area contributed by atoms with Crippen molar-refractivity contribution in [3.05, 3.63) is 184 Å². The number of nitrogens with zero attached hydrogens (tertiary/aromatic N) is 2. The van der Waals surface area contributed by atoms with E-state index in [1.807, 2.05) is 60.7 Å². The summed E-state index contributed by atoms with van der Waals surface area (Å²) >= 11 is 0. The third-order valence-corrected chi connectivity index (χ3v) is 8.79. The minimum absolute atomic E-state index is 0.614. The number of ether oxygens (including phenoxy) is 1. The summed E-state index contributed by atoms with van der Waals surface area (Å²) in [5, 5.41) is 9.63. The maximum Gasteiger partial charge on any atom is 0.187 e. The van der Waals surface area contributed by atoms with Crippen molar-refractivity contribution in [2.75, 3.05) is 0 Å². The van der Waals surface area contributed by atoms with Gasteiger partial charge >= 0.3 is 0 Å². The molecular formula is C41H24N2O. The van der Waals surface area contributed by atoms with Crippen LogP contribution in [-0.2, 0) is 5.41 Å². The van der Waals surface area contributed by atoms with Gasteiger partial charge < -0.3 is 4.74 Å². The first-order valence-corrected chi connectivity index (χ1v) is 14.5. The third kappa shape index (κ3) is 3.81. The number of hydrogen-bond donors (Lipinski definition) is 0. The van der Waals surface area contributed by atoms with Crippen molar-refractivity contribution in [3.8, 4) is 39.8 Å². The van der Waals surface area contributed by atoms with Crippen LogP contribution < -0.4 is 4.74 Å². The first-order chi connectivity index (χ1) is 21.7. The van der Waals surface area contributed by atoms with E-state index in [1.54, 1.807) is 0 Å². The van der Waals surface area contributed by atoms with E-state index in [2.05, 4.69) is 95.9 Å². The molecule has 6 aromatic rings.